The van der Waals surface area contributed by atoms with E-state index in [1.165, 1.54) is 28.5 Å². The summed E-state index contributed by atoms with van der Waals surface area (Å²) in [5.74, 6) is 0.713. The maximum atomic E-state index is 5.49. The van der Waals surface area contributed by atoms with Crippen molar-refractivity contribution in [2.45, 2.75) is 59.0 Å². The van der Waals surface area contributed by atoms with Crippen molar-refractivity contribution in [1.82, 2.24) is 10.3 Å². The van der Waals surface area contributed by atoms with Crippen molar-refractivity contribution >= 4 is 16.5 Å². The van der Waals surface area contributed by atoms with Crippen molar-refractivity contribution in [2.75, 3.05) is 31.2 Å². The Kier molecular flexibility index (Phi) is 6.45. The third kappa shape index (κ3) is 4.94. The number of thiazole rings is 1. The fourth-order valence-electron chi connectivity index (χ4n) is 2.29. The van der Waals surface area contributed by atoms with Gasteiger partial charge in [0, 0.05) is 43.1 Å². The standard InChI is InChI=1S/C16H29N3OS/c1-5-19(9-10-20-6-2)16-18-15(13-7-8-13)14(21-16)11-17-12(3)4/h12-13,17H,5-11H2,1-4H3. The lowest BCUT2D eigenvalue weighted by molar-refractivity contribution is 0.154. The van der Waals surface area contributed by atoms with E-state index in [2.05, 4.69) is 31.0 Å². The van der Waals surface area contributed by atoms with Crippen LogP contribution in [0.4, 0.5) is 5.13 Å². The van der Waals surface area contributed by atoms with Gasteiger partial charge in [0.15, 0.2) is 5.13 Å². The van der Waals surface area contributed by atoms with Gasteiger partial charge in [0.25, 0.3) is 0 Å². The minimum Gasteiger partial charge on any atom is -0.380 e. The van der Waals surface area contributed by atoms with Gasteiger partial charge in [-0.2, -0.15) is 0 Å². The van der Waals surface area contributed by atoms with Gasteiger partial charge < -0.3 is 15.0 Å². The first kappa shape index (κ1) is 16.7. The molecule has 0 bridgehead atoms. The van der Waals surface area contributed by atoms with Gasteiger partial charge in [-0.15, -0.1) is 11.3 Å². The average molecular weight is 311 g/mol. The molecule has 0 amide bonds. The largest absolute Gasteiger partial charge is 0.380 e. The number of nitrogens with zero attached hydrogens (tertiary/aromatic N) is 2. The number of nitrogens with one attached hydrogen (secondary N) is 1. The van der Waals surface area contributed by atoms with E-state index in [0.717, 1.165) is 32.8 Å². The molecule has 1 aliphatic carbocycles. The predicted octanol–water partition coefficient (Wildman–Crippen LogP) is 3.38. The Morgan fingerprint density at radius 2 is 2.14 bits per heavy atom. The van der Waals surface area contributed by atoms with Crippen LogP contribution in [0.25, 0.3) is 0 Å². The van der Waals surface area contributed by atoms with Crippen LogP contribution in [-0.2, 0) is 11.3 Å². The minimum atomic E-state index is 0.517. The first-order valence-corrected chi connectivity index (χ1v) is 9.03. The maximum Gasteiger partial charge on any atom is 0.185 e. The lowest BCUT2D eigenvalue weighted by Crippen LogP contribution is -2.27. The van der Waals surface area contributed by atoms with Gasteiger partial charge in [-0.05, 0) is 26.7 Å². The second-order valence-corrected chi connectivity index (χ2v) is 6.95. The van der Waals surface area contributed by atoms with Gasteiger partial charge >= 0.3 is 0 Å². The normalized spacial score (nSPS) is 14.9. The van der Waals surface area contributed by atoms with Crippen molar-refractivity contribution in [3.05, 3.63) is 10.6 Å². The lowest BCUT2D eigenvalue weighted by Gasteiger charge is -2.19. The summed E-state index contributed by atoms with van der Waals surface area (Å²) in [7, 11) is 0. The van der Waals surface area contributed by atoms with Crippen molar-refractivity contribution in [2.24, 2.45) is 0 Å². The Hall–Kier alpha value is -0.650. The summed E-state index contributed by atoms with van der Waals surface area (Å²) in [5, 5.41) is 4.70. The van der Waals surface area contributed by atoms with Crippen LogP contribution in [0, 0.1) is 0 Å². The highest BCUT2D eigenvalue weighted by molar-refractivity contribution is 7.15. The van der Waals surface area contributed by atoms with Crippen molar-refractivity contribution in [3.8, 4) is 0 Å². The summed E-state index contributed by atoms with van der Waals surface area (Å²) in [6.07, 6.45) is 2.62. The van der Waals surface area contributed by atoms with E-state index in [1.54, 1.807) is 0 Å². The van der Waals surface area contributed by atoms with Crippen molar-refractivity contribution < 1.29 is 4.74 Å². The molecule has 21 heavy (non-hydrogen) atoms. The van der Waals surface area contributed by atoms with E-state index >= 15 is 0 Å². The molecule has 0 radical (unpaired) electrons. The monoisotopic (exact) mass is 311 g/mol. The average Bonchev–Trinajstić information content (AvgIpc) is 3.22. The van der Waals surface area contributed by atoms with E-state index in [4.69, 9.17) is 9.72 Å². The molecule has 1 aromatic heterocycles. The van der Waals surface area contributed by atoms with Gasteiger partial charge in [0.1, 0.15) is 0 Å². The summed E-state index contributed by atoms with van der Waals surface area (Å²) in [5.41, 5.74) is 1.35. The summed E-state index contributed by atoms with van der Waals surface area (Å²) >= 11 is 1.86. The number of ether oxygens (including phenoxy) is 1. The first-order valence-electron chi connectivity index (χ1n) is 8.21. The first-order chi connectivity index (χ1) is 10.2. The summed E-state index contributed by atoms with van der Waals surface area (Å²) in [4.78, 5) is 8.71. The third-order valence-electron chi connectivity index (χ3n) is 3.71. The van der Waals surface area contributed by atoms with Crippen molar-refractivity contribution in [1.29, 1.82) is 0 Å². The molecule has 0 aromatic carbocycles. The molecule has 1 saturated carbocycles. The van der Waals surface area contributed by atoms with E-state index in [-0.39, 0.29) is 0 Å². The van der Waals surface area contributed by atoms with E-state index < -0.39 is 0 Å². The molecule has 0 unspecified atom stereocenters. The Morgan fingerprint density at radius 3 is 2.71 bits per heavy atom. The number of rotatable bonds is 10. The smallest absolute Gasteiger partial charge is 0.185 e. The molecule has 1 aliphatic rings. The molecule has 1 heterocycles. The summed E-state index contributed by atoms with van der Waals surface area (Å²) in [6.45, 7) is 13.1. The molecule has 0 atom stereocenters. The number of likely N-dealkylation sites (N-methyl/N-ethyl adjacent to an activating group) is 1. The molecule has 1 aromatic rings. The molecule has 0 saturated heterocycles. The highest BCUT2D eigenvalue weighted by Crippen LogP contribution is 2.44. The fourth-order valence-corrected chi connectivity index (χ4v) is 3.48. The topological polar surface area (TPSA) is 37.4 Å². The molecule has 120 valence electrons. The van der Waals surface area contributed by atoms with Gasteiger partial charge in [-0.25, -0.2) is 4.98 Å². The van der Waals surface area contributed by atoms with Crippen LogP contribution in [-0.4, -0.2) is 37.3 Å². The number of hydrogen-bond donors (Lipinski definition) is 1. The Balaban J connectivity index is 2.05. The second kappa shape index (κ2) is 8.11. The number of aromatic nitrogens is 1. The van der Waals surface area contributed by atoms with Crippen LogP contribution in [0.3, 0.4) is 0 Å². The van der Waals surface area contributed by atoms with Gasteiger partial charge in [0.2, 0.25) is 0 Å². The predicted molar refractivity (Wildman–Crippen MR) is 90.4 cm³/mol. The molecular formula is C16H29N3OS. The highest BCUT2D eigenvalue weighted by atomic mass is 32.1. The van der Waals surface area contributed by atoms with E-state index in [9.17, 15) is 0 Å². The third-order valence-corrected chi connectivity index (χ3v) is 4.85. The van der Waals surface area contributed by atoms with Crippen LogP contribution >= 0.6 is 11.3 Å². The maximum absolute atomic E-state index is 5.49. The number of anilines is 1. The van der Waals surface area contributed by atoms with Gasteiger partial charge in [-0.1, -0.05) is 13.8 Å². The Labute approximate surface area is 132 Å². The van der Waals surface area contributed by atoms with Crippen LogP contribution in [0.15, 0.2) is 0 Å². The Morgan fingerprint density at radius 1 is 1.38 bits per heavy atom. The zero-order valence-corrected chi connectivity index (χ0v) is 14.6. The molecule has 0 spiro atoms. The van der Waals surface area contributed by atoms with Crippen LogP contribution in [0.2, 0.25) is 0 Å². The van der Waals surface area contributed by atoms with E-state index in [0.29, 0.717) is 12.0 Å². The zero-order chi connectivity index (χ0) is 15.2. The quantitative estimate of drug-likeness (QED) is 0.672. The number of hydrogen-bond acceptors (Lipinski definition) is 5. The summed E-state index contributed by atoms with van der Waals surface area (Å²) in [6, 6.07) is 0.517. The molecule has 0 aliphatic heterocycles. The molecular weight excluding hydrogens is 282 g/mol. The summed E-state index contributed by atoms with van der Waals surface area (Å²) < 4.78 is 5.49. The molecule has 1 fully saturated rings. The van der Waals surface area contributed by atoms with Crippen molar-refractivity contribution in [3.63, 3.8) is 0 Å². The van der Waals surface area contributed by atoms with Gasteiger partial charge in [0.05, 0.1) is 12.3 Å². The molecule has 1 N–H and O–H groups in total. The lowest BCUT2D eigenvalue weighted by atomic mass is 10.2. The van der Waals surface area contributed by atoms with Crippen LogP contribution < -0.4 is 10.2 Å². The SMILES string of the molecule is CCOCCN(CC)c1nc(C2CC2)c(CNC(C)C)s1. The highest BCUT2D eigenvalue weighted by Gasteiger charge is 2.30. The fraction of sp³-hybridized carbons (Fsp3) is 0.812. The minimum absolute atomic E-state index is 0.517. The Bertz CT molecular complexity index is 429. The molecule has 2 rings (SSSR count). The zero-order valence-electron chi connectivity index (χ0n) is 13.8. The molecule has 5 heteroatoms. The van der Waals surface area contributed by atoms with Crippen LogP contribution in [0.1, 0.15) is 57.0 Å². The van der Waals surface area contributed by atoms with E-state index in [1.807, 2.05) is 18.3 Å². The molecule has 4 nitrogen and oxygen atoms in total. The van der Waals surface area contributed by atoms with Gasteiger partial charge in [-0.3, -0.25) is 0 Å². The van der Waals surface area contributed by atoms with Crippen LogP contribution in [0.5, 0.6) is 0 Å². The second-order valence-electron chi connectivity index (χ2n) is 5.89.